The average Bonchev–Trinajstić information content (AvgIpc) is 2.15. The molecule has 1 fully saturated rings. The van der Waals surface area contributed by atoms with Gasteiger partial charge in [0.1, 0.15) is 0 Å². The molecule has 0 aromatic heterocycles. The van der Waals surface area contributed by atoms with Crippen LogP contribution in [0.25, 0.3) is 0 Å². The summed E-state index contributed by atoms with van der Waals surface area (Å²) >= 11 is 3.79. The standard InChI is InChI=1S/C8H12F3NOS/c9-8(10,11)6-1-3-12(4-2-6)7(13)5-14/h6,14H,1-5H2. The van der Waals surface area contributed by atoms with Crippen LogP contribution < -0.4 is 0 Å². The van der Waals surface area contributed by atoms with Gasteiger partial charge in [-0.25, -0.2) is 0 Å². The first-order valence-corrected chi connectivity index (χ1v) is 5.03. The molecule has 6 heteroatoms. The number of alkyl halides is 3. The van der Waals surface area contributed by atoms with Crippen molar-refractivity contribution in [1.29, 1.82) is 0 Å². The molecule has 2 nitrogen and oxygen atoms in total. The second-order valence-electron chi connectivity index (χ2n) is 3.35. The summed E-state index contributed by atoms with van der Waals surface area (Å²) in [5.74, 6) is -1.36. The van der Waals surface area contributed by atoms with Crippen molar-refractivity contribution in [2.45, 2.75) is 19.0 Å². The molecule has 0 aromatic carbocycles. The van der Waals surface area contributed by atoms with E-state index in [-0.39, 0.29) is 37.6 Å². The Morgan fingerprint density at radius 1 is 1.36 bits per heavy atom. The number of piperidine rings is 1. The smallest absolute Gasteiger partial charge is 0.342 e. The monoisotopic (exact) mass is 227 g/mol. The topological polar surface area (TPSA) is 20.3 Å². The maximum Gasteiger partial charge on any atom is 0.391 e. The zero-order valence-electron chi connectivity index (χ0n) is 7.55. The lowest BCUT2D eigenvalue weighted by molar-refractivity contribution is -0.186. The number of amides is 1. The van der Waals surface area contributed by atoms with Gasteiger partial charge >= 0.3 is 6.18 Å². The first-order valence-electron chi connectivity index (χ1n) is 4.40. The van der Waals surface area contributed by atoms with E-state index in [1.807, 2.05) is 0 Å². The third kappa shape index (κ3) is 2.80. The van der Waals surface area contributed by atoms with Crippen LogP contribution in [0.4, 0.5) is 13.2 Å². The summed E-state index contributed by atoms with van der Waals surface area (Å²) in [5.41, 5.74) is 0. The van der Waals surface area contributed by atoms with Gasteiger partial charge < -0.3 is 4.90 Å². The highest BCUT2D eigenvalue weighted by Gasteiger charge is 2.41. The fraction of sp³-hybridized carbons (Fsp3) is 0.875. The second-order valence-corrected chi connectivity index (χ2v) is 3.67. The van der Waals surface area contributed by atoms with Crippen molar-refractivity contribution in [2.75, 3.05) is 18.8 Å². The third-order valence-corrected chi connectivity index (χ3v) is 2.72. The van der Waals surface area contributed by atoms with E-state index >= 15 is 0 Å². The van der Waals surface area contributed by atoms with E-state index in [0.29, 0.717) is 0 Å². The number of halogens is 3. The number of thiol groups is 1. The van der Waals surface area contributed by atoms with Gasteiger partial charge in [0, 0.05) is 13.1 Å². The Labute approximate surface area is 85.9 Å². The largest absolute Gasteiger partial charge is 0.391 e. The lowest BCUT2D eigenvalue weighted by Gasteiger charge is -2.32. The zero-order valence-corrected chi connectivity index (χ0v) is 8.44. The Kier molecular flexibility index (Phi) is 3.69. The molecule has 0 bridgehead atoms. The Morgan fingerprint density at radius 3 is 2.21 bits per heavy atom. The number of likely N-dealkylation sites (tertiary alicyclic amines) is 1. The minimum atomic E-state index is -4.11. The molecule has 0 atom stereocenters. The lowest BCUT2D eigenvalue weighted by Crippen LogP contribution is -2.42. The molecular formula is C8H12F3NOS. The Morgan fingerprint density at radius 2 is 1.86 bits per heavy atom. The number of hydrogen-bond acceptors (Lipinski definition) is 2. The first kappa shape index (κ1) is 11.7. The van der Waals surface area contributed by atoms with Gasteiger partial charge in [-0.05, 0) is 12.8 Å². The molecule has 0 aliphatic carbocycles. The summed E-state index contributed by atoms with van der Waals surface area (Å²) < 4.78 is 36.7. The predicted octanol–water partition coefficient (Wildman–Crippen LogP) is 1.72. The SMILES string of the molecule is O=C(CS)N1CCC(C(F)(F)F)CC1. The van der Waals surface area contributed by atoms with Crippen LogP contribution in [0.15, 0.2) is 0 Å². The van der Waals surface area contributed by atoms with Crippen molar-refractivity contribution in [3.05, 3.63) is 0 Å². The number of rotatable bonds is 1. The Bertz CT molecular complexity index is 211. The van der Waals surface area contributed by atoms with E-state index in [1.54, 1.807) is 0 Å². The van der Waals surface area contributed by atoms with Gasteiger partial charge in [-0.3, -0.25) is 4.79 Å². The molecule has 0 aromatic rings. The molecule has 0 radical (unpaired) electrons. The zero-order chi connectivity index (χ0) is 10.8. The van der Waals surface area contributed by atoms with Crippen LogP contribution in [0, 0.1) is 5.92 Å². The first-order chi connectivity index (χ1) is 6.45. The molecular weight excluding hydrogens is 215 g/mol. The summed E-state index contributed by atoms with van der Waals surface area (Å²) in [4.78, 5) is 12.5. The van der Waals surface area contributed by atoms with Gasteiger partial charge in [0.25, 0.3) is 0 Å². The van der Waals surface area contributed by atoms with Crippen LogP contribution in [0.1, 0.15) is 12.8 Å². The van der Waals surface area contributed by atoms with E-state index in [0.717, 1.165) is 0 Å². The van der Waals surface area contributed by atoms with Gasteiger partial charge in [-0.1, -0.05) is 0 Å². The lowest BCUT2D eigenvalue weighted by atomic mass is 9.96. The van der Waals surface area contributed by atoms with E-state index in [4.69, 9.17) is 0 Å². The second kappa shape index (κ2) is 4.42. The Hall–Kier alpha value is -0.390. The normalized spacial score (nSPS) is 19.9. The van der Waals surface area contributed by atoms with Crippen molar-refractivity contribution in [2.24, 2.45) is 5.92 Å². The van der Waals surface area contributed by atoms with Gasteiger partial charge in [0.2, 0.25) is 5.91 Å². The van der Waals surface area contributed by atoms with Crippen molar-refractivity contribution < 1.29 is 18.0 Å². The summed E-state index contributed by atoms with van der Waals surface area (Å²) in [7, 11) is 0. The fourth-order valence-electron chi connectivity index (χ4n) is 1.56. The summed E-state index contributed by atoms with van der Waals surface area (Å²) in [5, 5.41) is 0. The molecule has 1 heterocycles. The van der Waals surface area contributed by atoms with E-state index in [1.165, 1.54) is 4.90 Å². The molecule has 1 amide bonds. The van der Waals surface area contributed by atoms with Crippen LogP contribution in [0.2, 0.25) is 0 Å². The van der Waals surface area contributed by atoms with Gasteiger partial charge in [-0.2, -0.15) is 25.8 Å². The van der Waals surface area contributed by atoms with E-state index in [9.17, 15) is 18.0 Å². The minimum Gasteiger partial charge on any atom is -0.342 e. The molecule has 82 valence electrons. The highest BCUT2D eigenvalue weighted by atomic mass is 32.1. The molecule has 14 heavy (non-hydrogen) atoms. The van der Waals surface area contributed by atoms with Crippen LogP contribution in [-0.4, -0.2) is 35.8 Å². The predicted molar refractivity (Wildman–Crippen MR) is 49.2 cm³/mol. The number of carbonyl (C=O) groups is 1. The number of hydrogen-bond donors (Lipinski definition) is 1. The molecule has 1 aliphatic rings. The molecule has 0 unspecified atom stereocenters. The van der Waals surface area contributed by atoms with Crippen LogP contribution in [0.3, 0.4) is 0 Å². The van der Waals surface area contributed by atoms with Gasteiger partial charge in [0.15, 0.2) is 0 Å². The number of nitrogens with zero attached hydrogens (tertiary/aromatic N) is 1. The van der Waals surface area contributed by atoms with E-state index in [2.05, 4.69) is 12.6 Å². The van der Waals surface area contributed by atoms with Crippen molar-refractivity contribution in [1.82, 2.24) is 4.90 Å². The molecule has 1 saturated heterocycles. The molecule has 1 aliphatic heterocycles. The molecule has 0 saturated carbocycles. The van der Waals surface area contributed by atoms with Crippen molar-refractivity contribution in [3.63, 3.8) is 0 Å². The van der Waals surface area contributed by atoms with Gasteiger partial charge in [-0.15, -0.1) is 0 Å². The van der Waals surface area contributed by atoms with Crippen LogP contribution >= 0.6 is 12.6 Å². The summed E-state index contributed by atoms with van der Waals surface area (Å²) in [6, 6.07) is 0. The maximum atomic E-state index is 12.2. The highest BCUT2D eigenvalue weighted by Crippen LogP contribution is 2.33. The van der Waals surface area contributed by atoms with Crippen LogP contribution in [-0.2, 0) is 4.79 Å². The van der Waals surface area contributed by atoms with Crippen molar-refractivity contribution >= 4 is 18.5 Å². The minimum absolute atomic E-state index is 0.0169. The summed E-state index contributed by atoms with van der Waals surface area (Å²) in [6.45, 7) is 0.396. The highest BCUT2D eigenvalue weighted by molar-refractivity contribution is 7.81. The third-order valence-electron chi connectivity index (χ3n) is 2.45. The fourth-order valence-corrected chi connectivity index (χ4v) is 1.76. The number of carbonyl (C=O) groups excluding carboxylic acids is 1. The molecule has 0 N–H and O–H groups in total. The average molecular weight is 227 g/mol. The summed E-state index contributed by atoms with van der Waals surface area (Å²) in [6.07, 6.45) is -4.08. The van der Waals surface area contributed by atoms with Crippen molar-refractivity contribution in [3.8, 4) is 0 Å². The Balaban J connectivity index is 2.43. The quantitative estimate of drug-likeness (QED) is 0.676. The molecule has 0 spiro atoms. The van der Waals surface area contributed by atoms with Crippen LogP contribution in [0.5, 0.6) is 0 Å². The maximum absolute atomic E-state index is 12.2. The van der Waals surface area contributed by atoms with Gasteiger partial charge in [0.05, 0.1) is 11.7 Å². The van der Waals surface area contributed by atoms with E-state index < -0.39 is 12.1 Å². The molecule has 1 rings (SSSR count).